The lowest BCUT2D eigenvalue weighted by Gasteiger charge is -2.25. The van der Waals surface area contributed by atoms with Crippen molar-refractivity contribution in [2.24, 2.45) is 0 Å². The second-order valence-corrected chi connectivity index (χ2v) is 6.16. The molecule has 0 amide bonds. The largest absolute Gasteiger partial charge is 0.336 e. The highest BCUT2D eigenvalue weighted by atomic mass is 16.6. The summed E-state index contributed by atoms with van der Waals surface area (Å²) in [6, 6.07) is 25.3. The zero-order valence-corrected chi connectivity index (χ0v) is 14.8. The van der Waals surface area contributed by atoms with Crippen LogP contribution in [-0.4, -0.2) is 11.5 Å². The first kappa shape index (κ1) is 17.7. The number of para-hydroxylation sites is 2. The Balaban J connectivity index is 1.97. The standard InChI is InChI=1S/C22H22N2O2/c1-2-3-17-23(21-11-7-8-12-22(21)24(25)26)20-15-13-19(14-16-20)18-9-5-4-6-10-18/h4-16H,2-3,17H2,1H3. The van der Waals surface area contributed by atoms with E-state index in [1.54, 1.807) is 12.1 Å². The molecule has 0 aliphatic heterocycles. The van der Waals surface area contributed by atoms with E-state index >= 15 is 0 Å². The number of unbranched alkanes of at least 4 members (excludes halogenated alkanes) is 1. The smallest absolute Gasteiger partial charge is 0.292 e. The van der Waals surface area contributed by atoms with E-state index in [-0.39, 0.29) is 10.6 Å². The molecule has 0 heterocycles. The van der Waals surface area contributed by atoms with Crippen LogP contribution in [0.25, 0.3) is 11.1 Å². The number of benzene rings is 3. The average molecular weight is 346 g/mol. The second-order valence-electron chi connectivity index (χ2n) is 6.16. The summed E-state index contributed by atoms with van der Waals surface area (Å²) in [7, 11) is 0. The monoisotopic (exact) mass is 346 g/mol. The van der Waals surface area contributed by atoms with Gasteiger partial charge in [0.15, 0.2) is 0 Å². The molecule has 4 nitrogen and oxygen atoms in total. The van der Waals surface area contributed by atoms with Crippen LogP contribution in [0.3, 0.4) is 0 Å². The third-order valence-electron chi connectivity index (χ3n) is 4.39. The summed E-state index contributed by atoms with van der Waals surface area (Å²) in [6.07, 6.45) is 1.99. The van der Waals surface area contributed by atoms with Gasteiger partial charge in [0.25, 0.3) is 5.69 Å². The van der Waals surface area contributed by atoms with Crippen LogP contribution in [0.5, 0.6) is 0 Å². The molecule has 3 rings (SSSR count). The number of nitro groups is 1. The van der Waals surface area contributed by atoms with Gasteiger partial charge >= 0.3 is 0 Å². The van der Waals surface area contributed by atoms with Crippen molar-refractivity contribution >= 4 is 17.1 Å². The Kier molecular flexibility index (Phi) is 5.64. The number of nitrogens with zero attached hydrogens (tertiary/aromatic N) is 2. The van der Waals surface area contributed by atoms with Gasteiger partial charge in [-0.3, -0.25) is 10.1 Å². The molecule has 26 heavy (non-hydrogen) atoms. The van der Waals surface area contributed by atoms with Gasteiger partial charge in [-0.2, -0.15) is 0 Å². The predicted molar refractivity (Wildman–Crippen MR) is 107 cm³/mol. The summed E-state index contributed by atoms with van der Waals surface area (Å²) < 4.78 is 0. The lowest BCUT2D eigenvalue weighted by molar-refractivity contribution is -0.384. The van der Waals surface area contributed by atoms with E-state index in [4.69, 9.17) is 0 Å². The van der Waals surface area contributed by atoms with Crippen LogP contribution in [0.2, 0.25) is 0 Å². The third-order valence-corrected chi connectivity index (χ3v) is 4.39. The van der Waals surface area contributed by atoms with E-state index in [2.05, 4.69) is 31.2 Å². The van der Waals surface area contributed by atoms with Gasteiger partial charge in [-0.05, 0) is 35.7 Å². The Labute approximate surface area is 153 Å². The fourth-order valence-electron chi connectivity index (χ4n) is 3.02. The van der Waals surface area contributed by atoms with Gasteiger partial charge in [0.1, 0.15) is 5.69 Å². The fraction of sp³-hybridized carbons (Fsp3) is 0.182. The quantitative estimate of drug-likeness (QED) is 0.378. The average Bonchev–Trinajstić information content (AvgIpc) is 2.70. The van der Waals surface area contributed by atoms with Crippen molar-refractivity contribution < 1.29 is 4.92 Å². The summed E-state index contributed by atoms with van der Waals surface area (Å²) in [6.45, 7) is 2.86. The highest BCUT2D eigenvalue weighted by Gasteiger charge is 2.19. The number of hydrogen-bond donors (Lipinski definition) is 0. The van der Waals surface area contributed by atoms with Crippen LogP contribution in [0.1, 0.15) is 19.8 Å². The molecule has 4 heteroatoms. The van der Waals surface area contributed by atoms with Gasteiger partial charge in [0, 0.05) is 18.3 Å². The highest BCUT2D eigenvalue weighted by Crippen LogP contribution is 2.34. The Morgan fingerprint density at radius 2 is 1.46 bits per heavy atom. The molecule has 0 aliphatic carbocycles. The van der Waals surface area contributed by atoms with Crippen molar-refractivity contribution in [3.8, 4) is 11.1 Å². The van der Waals surface area contributed by atoms with E-state index < -0.39 is 0 Å². The molecule has 0 unspecified atom stereocenters. The zero-order chi connectivity index (χ0) is 18.4. The molecule has 3 aromatic carbocycles. The minimum absolute atomic E-state index is 0.135. The van der Waals surface area contributed by atoms with E-state index in [1.165, 1.54) is 0 Å². The van der Waals surface area contributed by atoms with Crippen molar-refractivity contribution in [1.29, 1.82) is 0 Å². The molecule has 0 aromatic heterocycles. The van der Waals surface area contributed by atoms with Gasteiger partial charge in [-0.1, -0.05) is 67.9 Å². The van der Waals surface area contributed by atoms with Gasteiger partial charge in [-0.25, -0.2) is 0 Å². The van der Waals surface area contributed by atoms with Crippen LogP contribution in [0, 0.1) is 10.1 Å². The molecule has 0 bridgehead atoms. The molecule has 0 saturated carbocycles. The zero-order valence-electron chi connectivity index (χ0n) is 14.8. The van der Waals surface area contributed by atoms with Gasteiger partial charge in [0.05, 0.1) is 4.92 Å². The molecule has 0 N–H and O–H groups in total. The molecule has 0 spiro atoms. The van der Waals surface area contributed by atoms with Crippen LogP contribution < -0.4 is 4.90 Å². The number of rotatable bonds is 7. The van der Waals surface area contributed by atoms with E-state index in [0.29, 0.717) is 5.69 Å². The SMILES string of the molecule is CCCCN(c1ccc(-c2ccccc2)cc1)c1ccccc1[N+](=O)[O-]. The lowest BCUT2D eigenvalue weighted by Crippen LogP contribution is -2.19. The Morgan fingerprint density at radius 1 is 0.846 bits per heavy atom. The summed E-state index contributed by atoms with van der Waals surface area (Å²) >= 11 is 0. The van der Waals surface area contributed by atoms with Gasteiger partial charge < -0.3 is 4.90 Å². The van der Waals surface area contributed by atoms with Crippen molar-refractivity contribution in [2.45, 2.75) is 19.8 Å². The van der Waals surface area contributed by atoms with Crippen LogP contribution in [-0.2, 0) is 0 Å². The number of anilines is 2. The fourth-order valence-corrected chi connectivity index (χ4v) is 3.02. The third kappa shape index (κ3) is 3.91. The Bertz CT molecular complexity index is 861. The maximum Gasteiger partial charge on any atom is 0.292 e. The summed E-state index contributed by atoms with van der Waals surface area (Å²) in [5.74, 6) is 0. The maximum absolute atomic E-state index is 11.4. The first-order valence-electron chi connectivity index (χ1n) is 8.87. The van der Waals surface area contributed by atoms with Crippen molar-refractivity contribution in [3.05, 3.63) is 89.0 Å². The Morgan fingerprint density at radius 3 is 2.12 bits per heavy atom. The molecule has 3 aromatic rings. The summed E-state index contributed by atoms with van der Waals surface area (Å²) in [5, 5.41) is 11.4. The molecule has 0 radical (unpaired) electrons. The minimum Gasteiger partial charge on any atom is -0.336 e. The summed E-state index contributed by atoms with van der Waals surface area (Å²) in [4.78, 5) is 13.2. The molecule has 0 saturated heterocycles. The minimum atomic E-state index is -0.313. The van der Waals surface area contributed by atoms with Crippen LogP contribution in [0.4, 0.5) is 17.1 Å². The number of nitro benzene ring substituents is 1. The lowest BCUT2D eigenvalue weighted by atomic mass is 10.0. The Hall–Kier alpha value is -3.14. The normalized spacial score (nSPS) is 10.5. The molecule has 0 aliphatic rings. The van der Waals surface area contributed by atoms with Gasteiger partial charge in [-0.15, -0.1) is 0 Å². The van der Waals surface area contributed by atoms with Crippen molar-refractivity contribution in [1.82, 2.24) is 0 Å². The molecular formula is C22H22N2O2. The van der Waals surface area contributed by atoms with Crippen LogP contribution in [0.15, 0.2) is 78.9 Å². The summed E-state index contributed by atoms with van der Waals surface area (Å²) in [5.41, 5.74) is 4.03. The van der Waals surface area contributed by atoms with Crippen LogP contribution >= 0.6 is 0 Å². The topological polar surface area (TPSA) is 46.4 Å². The molecule has 0 fully saturated rings. The van der Waals surface area contributed by atoms with E-state index in [9.17, 15) is 10.1 Å². The van der Waals surface area contributed by atoms with Crippen molar-refractivity contribution in [2.75, 3.05) is 11.4 Å². The second kappa shape index (κ2) is 8.30. The van der Waals surface area contributed by atoms with Gasteiger partial charge in [0.2, 0.25) is 0 Å². The molecular weight excluding hydrogens is 324 g/mol. The first-order valence-corrected chi connectivity index (χ1v) is 8.87. The van der Waals surface area contributed by atoms with E-state index in [0.717, 1.165) is 36.2 Å². The predicted octanol–water partition coefficient (Wildman–Crippen LogP) is 6.20. The number of hydrogen-bond acceptors (Lipinski definition) is 3. The highest BCUT2D eigenvalue weighted by molar-refractivity contribution is 5.74. The first-order chi connectivity index (χ1) is 12.7. The molecule has 0 atom stereocenters. The van der Waals surface area contributed by atoms with Crippen molar-refractivity contribution in [3.63, 3.8) is 0 Å². The maximum atomic E-state index is 11.4. The molecule has 132 valence electrons. The van der Waals surface area contributed by atoms with E-state index in [1.807, 2.05) is 47.4 Å².